The van der Waals surface area contributed by atoms with E-state index in [4.69, 9.17) is 5.73 Å². The van der Waals surface area contributed by atoms with Crippen LogP contribution in [-0.2, 0) is 4.79 Å². The van der Waals surface area contributed by atoms with E-state index in [-0.39, 0.29) is 17.9 Å². The fourth-order valence-electron chi connectivity index (χ4n) is 2.70. The molecule has 1 aromatic rings. The second-order valence-electron chi connectivity index (χ2n) is 6.62. The smallest absolute Gasteiger partial charge is 0.253 e. The van der Waals surface area contributed by atoms with E-state index in [1.807, 2.05) is 12.1 Å². The van der Waals surface area contributed by atoms with Crippen LogP contribution in [0, 0.1) is 5.92 Å². The molecular weight excluding hydrogens is 290 g/mol. The summed E-state index contributed by atoms with van der Waals surface area (Å²) < 4.78 is 0. The minimum Gasteiger partial charge on any atom is -0.342 e. The van der Waals surface area contributed by atoms with Crippen LogP contribution >= 0.6 is 0 Å². The number of rotatable bonds is 6. The zero-order valence-electron chi connectivity index (χ0n) is 14.3. The third-order valence-electron chi connectivity index (χ3n) is 4.50. The van der Waals surface area contributed by atoms with Gasteiger partial charge in [0.2, 0.25) is 5.91 Å². The van der Waals surface area contributed by atoms with Crippen LogP contribution < -0.4 is 10.6 Å². The molecule has 1 aliphatic rings. The average molecular weight is 317 g/mol. The molecule has 5 nitrogen and oxygen atoms in total. The average Bonchev–Trinajstić information content (AvgIpc) is 2.97. The molecule has 0 bridgehead atoms. The van der Waals surface area contributed by atoms with Gasteiger partial charge in [0.1, 0.15) is 0 Å². The van der Waals surface area contributed by atoms with Gasteiger partial charge in [0.05, 0.1) is 0 Å². The Bertz CT molecular complexity index is 554. The van der Waals surface area contributed by atoms with E-state index in [9.17, 15) is 9.59 Å². The predicted molar refractivity (Wildman–Crippen MR) is 92.4 cm³/mol. The minimum absolute atomic E-state index is 0.0137. The summed E-state index contributed by atoms with van der Waals surface area (Å²) in [7, 11) is 1.80. The van der Waals surface area contributed by atoms with Crippen molar-refractivity contribution >= 4 is 17.5 Å². The molecular formula is C18H27N3O2. The Morgan fingerprint density at radius 3 is 2.48 bits per heavy atom. The Labute approximate surface area is 138 Å². The fourth-order valence-corrected chi connectivity index (χ4v) is 2.70. The van der Waals surface area contributed by atoms with Gasteiger partial charge < -0.3 is 15.5 Å². The molecule has 126 valence electrons. The standard InChI is InChI=1S/C18H27N3O2/c1-13(2)16(19)10-12-20(3)18(23)14-6-8-15(9-7-14)21-11-4-5-17(21)22/h6-9,13,16H,4-5,10-12,19H2,1-3H3. The highest BCUT2D eigenvalue weighted by molar-refractivity contribution is 5.97. The third kappa shape index (κ3) is 4.32. The fraction of sp³-hybridized carbons (Fsp3) is 0.556. The van der Waals surface area contributed by atoms with Crippen LogP contribution in [0.25, 0.3) is 0 Å². The van der Waals surface area contributed by atoms with Crippen molar-refractivity contribution in [2.45, 2.75) is 39.2 Å². The molecule has 2 N–H and O–H groups in total. The summed E-state index contributed by atoms with van der Waals surface area (Å²) in [6, 6.07) is 7.40. The molecule has 0 radical (unpaired) electrons. The number of nitrogens with zero attached hydrogens (tertiary/aromatic N) is 2. The molecule has 5 heteroatoms. The molecule has 1 atom stereocenters. The maximum absolute atomic E-state index is 12.4. The van der Waals surface area contributed by atoms with Crippen LogP contribution in [0.1, 0.15) is 43.5 Å². The van der Waals surface area contributed by atoms with Crippen molar-refractivity contribution in [2.24, 2.45) is 11.7 Å². The van der Waals surface area contributed by atoms with Gasteiger partial charge in [-0.2, -0.15) is 0 Å². The number of carbonyl (C=O) groups is 2. The van der Waals surface area contributed by atoms with Crippen LogP contribution in [-0.4, -0.2) is 42.9 Å². The van der Waals surface area contributed by atoms with E-state index in [0.717, 1.165) is 25.1 Å². The molecule has 1 fully saturated rings. The zero-order valence-corrected chi connectivity index (χ0v) is 14.3. The van der Waals surface area contributed by atoms with E-state index < -0.39 is 0 Å². The molecule has 1 unspecified atom stereocenters. The molecule has 1 aromatic carbocycles. The first-order chi connectivity index (χ1) is 10.9. The molecule has 2 amide bonds. The molecule has 2 rings (SSSR count). The number of hydrogen-bond donors (Lipinski definition) is 1. The Hall–Kier alpha value is -1.88. The van der Waals surface area contributed by atoms with Crippen molar-refractivity contribution in [3.63, 3.8) is 0 Å². The predicted octanol–water partition coefficient (Wildman–Crippen LogP) is 2.26. The van der Waals surface area contributed by atoms with Gasteiger partial charge in [-0.3, -0.25) is 9.59 Å². The highest BCUT2D eigenvalue weighted by Gasteiger charge is 2.22. The molecule has 0 spiro atoms. The van der Waals surface area contributed by atoms with E-state index in [2.05, 4.69) is 13.8 Å². The van der Waals surface area contributed by atoms with Crippen LogP contribution in [0.3, 0.4) is 0 Å². The van der Waals surface area contributed by atoms with E-state index in [1.165, 1.54) is 0 Å². The zero-order chi connectivity index (χ0) is 17.0. The summed E-state index contributed by atoms with van der Waals surface area (Å²) in [6.07, 6.45) is 2.30. The van der Waals surface area contributed by atoms with Gasteiger partial charge in [-0.05, 0) is 43.0 Å². The molecule has 0 saturated carbocycles. The van der Waals surface area contributed by atoms with Gasteiger partial charge in [-0.1, -0.05) is 13.8 Å². The first kappa shape index (κ1) is 17.5. The van der Waals surface area contributed by atoms with E-state index in [1.54, 1.807) is 29.0 Å². The SMILES string of the molecule is CC(C)C(N)CCN(C)C(=O)c1ccc(N2CCCC2=O)cc1. The lowest BCUT2D eigenvalue weighted by Crippen LogP contribution is -2.34. The van der Waals surface area contributed by atoms with E-state index in [0.29, 0.717) is 24.4 Å². The number of benzene rings is 1. The van der Waals surface area contributed by atoms with Gasteiger partial charge in [-0.25, -0.2) is 0 Å². The summed E-state index contributed by atoms with van der Waals surface area (Å²) in [5.41, 5.74) is 7.54. The summed E-state index contributed by atoms with van der Waals surface area (Å²) in [6.45, 7) is 5.58. The molecule has 1 heterocycles. The Morgan fingerprint density at radius 1 is 1.30 bits per heavy atom. The lowest BCUT2D eigenvalue weighted by Gasteiger charge is -2.22. The topological polar surface area (TPSA) is 66.6 Å². The largest absolute Gasteiger partial charge is 0.342 e. The van der Waals surface area contributed by atoms with Gasteiger partial charge in [-0.15, -0.1) is 0 Å². The summed E-state index contributed by atoms with van der Waals surface area (Å²) in [5.74, 6) is 0.555. The normalized spacial score (nSPS) is 16.0. The molecule has 0 aromatic heterocycles. The second-order valence-corrected chi connectivity index (χ2v) is 6.62. The lowest BCUT2D eigenvalue weighted by molar-refractivity contribution is -0.117. The van der Waals surface area contributed by atoms with Crippen LogP contribution in [0.2, 0.25) is 0 Å². The van der Waals surface area contributed by atoms with Crippen molar-refractivity contribution in [3.05, 3.63) is 29.8 Å². The highest BCUT2D eigenvalue weighted by atomic mass is 16.2. The number of anilines is 1. The second kappa shape index (κ2) is 7.59. The Morgan fingerprint density at radius 2 is 1.96 bits per heavy atom. The number of hydrogen-bond acceptors (Lipinski definition) is 3. The van der Waals surface area contributed by atoms with Crippen LogP contribution in [0.15, 0.2) is 24.3 Å². The van der Waals surface area contributed by atoms with Crippen molar-refractivity contribution in [1.29, 1.82) is 0 Å². The van der Waals surface area contributed by atoms with Crippen molar-refractivity contribution in [1.82, 2.24) is 4.90 Å². The first-order valence-corrected chi connectivity index (χ1v) is 8.31. The lowest BCUT2D eigenvalue weighted by atomic mass is 10.0. The monoisotopic (exact) mass is 317 g/mol. The first-order valence-electron chi connectivity index (χ1n) is 8.31. The van der Waals surface area contributed by atoms with Gasteiger partial charge >= 0.3 is 0 Å². The number of amides is 2. The molecule has 23 heavy (non-hydrogen) atoms. The van der Waals surface area contributed by atoms with Crippen molar-refractivity contribution in [2.75, 3.05) is 25.0 Å². The summed E-state index contributed by atoms with van der Waals surface area (Å²) >= 11 is 0. The molecule has 1 aliphatic heterocycles. The summed E-state index contributed by atoms with van der Waals surface area (Å²) in [4.78, 5) is 27.7. The van der Waals surface area contributed by atoms with Crippen LogP contribution in [0.4, 0.5) is 5.69 Å². The quantitative estimate of drug-likeness (QED) is 0.875. The van der Waals surface area contributed by atoms with Crippen LogP contribution in [0.5, 0.6) is 0 Å². The van der Waals surface area contributed by atoms with E-state index >= 15 is 0 Å². The Balaban J connectivity index is 1.95. The maximum atomic E-state index is 12.4. The van der Waals surface area contributed by atoms with Crippen molar-refractivity contribution in [3.8, 4) is 0 Å². The third-order valence-corrected chi connectivity index (χ3v) is 4.50. The summed E-state index contributed by atoms with van der Waals surface area (Å²) in [5, 5.41) is 0. The minimum atomic E-state index is -0.0137. The number of nitrogens with two attached hydrogens (primary N) is 1. The molecule has 1 saturated heterocycles. The van der Waals surface area contributed by atoms with Gasteiger partial charge in [0.25, 0.3) is 5.91 Å². The number of carbonyl (C=O) groups excluding carboxylic acids is 2. The Kier molecular flexibility index (Phi) is 5.77. The van der Waals surface area contributed by atoms with Gasteiger partial charge in [0.15, 0.2) is 0 Å². The van der Waals surface area contributed by atoms with Crippen molar-refractivity contribution < 1.29 is 9.59 Å². The molecule has 0 aliphatic carbocycles. The maximum Gasteiger partial charge on any atom is 0.253 e. The van der Waals surface area contributed by atoms with Gasteiger partial charge in [0, 0.05) is 43.9 Å². The highest BCUT2D eigenvalue weighted by Crippen LogP contribution is 2.22.